The third-order valence-electron chi connectivity index (χ3n) is 5.78. The zero-order chi connectivity index (χ0) is 26.5. The van der Waals surface area contributed by atoms with Gasteiger partial charge in [-0.2, -0.15) is 0 Å². The third-order valence-corrected chi connectivity index (χ3v) is 7.48. The van der Waals surface area contributed by atoms with E-state index in [2.05, 4.69) is 0 Å². The van der Waals surface area contributed by atoms with E-state index in [1.165, 1.54) is 0 Å². The molecule has 2 aromatic rings. The van der Waals surface area contributed by atoms with Gasteiger partial charge in [-0.1, -0.05) is 0 Å². The van der Waals surface area contributed by atoms with Gasteiger partial charge in [0.2, 0.25) is 5.91 Å². The molecule has 2 heterocycles. The van der Waals surface area contributed by atoms with Crippen LogP contribution in [0, 0.1) is 3.57 Å². The normalized spacial score (nSPS) is 16.5. The number of carbonyl (C=O) groups excluding carboxylic acids is 4. The minimum absolute atomic E-state index is 0.209. The summed E-state index contributed by atoms with van der Waals surface area (Å²) in [7, 11) is 1.54. The predicted octanol–water partition coefficient (Wildman–Crippen LogP) is 4.58. The maximum absolute atomic E-state index is 12.9. The molecule has 194 valence electrons. The van der Waals surface area contributed by atoms with Gasteiger partial charge in [0.15, 0.2) is 11.5 Å². The van der Waals surface area contributed by atoms with Gasteiger partial charge in [0.25, 0.3) is 11.1 Å². The fourth-order valence-electron chi connectivity index (χ4n) is 3.90. The molecule has 0 saturated carbocycles. The van der Waals surface area contributed by atoms with Crippen molar-refractivity contribution in [2.75, 3.05) is 33.4 Å². The van der Waals surface area contributed by atoms with E-state index < -0.39 is 17.1 Å². The van der Waals surface area contributed by atoms with Crippen molar-refractivity contribution in [1.29, 1.82) is 0 Å². The number of methoxy groups -OCH3 is 1. The molecule has 9 nitrogen and oxygen atoms in total. The molecule has 0 bridgehead atoms. The molecule has 37 heavy (non-hydrogen) atoms. The molecule has 0 radical (unpaired) electrons. The van der Waals surface area contributed by atoms with Gasteiger partial charge in [-0.15, -0.1) is 0 Å². The van der Waals surface area contributed by atoms with Gasteiger partial charge < -0.3 is 19.1 Å². The number of esters is 1. The molecule has 3 amide bonds. The van der Waals surface area contributed by atoms with Crippen LogP contribution in [0.15, 0.2) is 41.3 Å². The van der Waals surface area contributed by atoms with Crippen molar-refractivity contribution in [3.8, 4) is 17.2 Å². The maximum Gasteiger partial charge on any atom is 0.343 e. The summed E-state index contributed by atoms with van der Waals surface area (Å²) in [5, 5.41) is -0.478. The van der Waals surface area contributed by atoms with Crippen LogP contribution in [0.5, 0.6) is 17.2 Å². The molecular weight excluding hydrogens is 611 g/mol. The molecule has 0 unspecified atom stereocenters. The maximum atomic E-state index is 12.9. The number of likely N-dealkylation sites (tertiary alicyclic amines) is 1. The van der Waals surface area contributed by atoms with Gasteiger partial charge in [-0.25, -0.2) is 4.79 Å². The van der Waals surface area contributed by atoms with Crippen LogP contribution in [0.2, 0.25) is 0 Å². The molecule has 0 atom stereocenters. The Bertz CT molecular complexity index is 1260. The number of imide groups is 1. The molecule has 2 fully saturated rings. The highest BCUT2D eigenvalue weighted by molar-refractivity contribution is 14.1. The van der Waals surface area contributed by atoms with Crippen LogP contribution in [0.3, 0.4) is 0 Å². The van der Waals surface area contributed by atoms with Gasteiger partial charge in [0, 0.05) is 13.1 Å². The number of amides is 3. The summed E-state index contributed by atoms with van der Waals surface area (Å²) < 4.78 is 17.1. The number of carbonyl (C=O) groups is 4. The summed E-state index contributed by atoms with van der Waals surface area (Å²) in [6, 6.07) is 9.91. The van der Waals surface area contributed by atoms with Gasteiger partial charge in [-0.3, -0.25) is 19.3 Å². The summed E-state index contributed by atoms with van der Waals surface area (Å²) >= 11 is 2.82. The number of nitrogens with zero attached hydrogens (tertiary/aromatic N) is 2. The summed E-state index contributed by atoms with van der Waals surface area (Å²) in [6.07, 6.45) is 3.43. The number of benzene rings is 2. The van der Waals surface area contributed by atoms with Crippen molar-refractivity contribution < 1.29 is 33.4 Å². The van der Waals surface area contributed by atoms with Crippen LogP contribution in [0.4, 0.5) is 4.79 Å². The first-order valence-corrected chi connectivity index (χ1v) is 13.6. The first-order valence-electron chi connectivity index (χ1n) is 11.7. The van der Waals surface area contributed by atoms with E-state index in [0.717, 1.165) is 29.5 Å². The fourth-order valence-corrected chi connectivity index (χ4v) is 5.48. The highest BCUT2D eigenvalue weighted by atomic mass is 127. The molecule has 0 aliphatic carbocycles. The van der Waals surface area contributed by atoms with E-state index >= 15 is 0 Å². The Morgan fingerprint density at radius 2 is 1.81 bits per heavy atom. The van der Waals surface area contributed by atoms with E-state index in [1.807, 2.05) is 22.6 Å². The van der Waals surface area contributed by atoms with Crippen molar-refractivity contribution in [3.05, 3.63) is 56.0 Å². The zero-order valence-corrected chi connectivity index (χ0v) is 23.3. The highest BCUT2D eigenvalue weighted by Crippen LogP contribution is 2.38. The summed E-state index contributed by atoms with van der Waals surface area (Å²) in [6.45, 7) is 3.17. The molecule has 4 rings (SSSR count). The number of rotatable bonds is 8. The Labute approximate surface area is 232 Å². The minimum Gasteiger partial charge on any atom is -0.497 e. The van der Waals surface area contributed by atoms with E-state index in [4.69, 9.17) is 14.2 Å². The minimum atomic E-state index is -0.557. The lowest BCUT2D eigenvalue weighted by Gasteiger charge is -2.18. The van der Waals surface area contributed by atoms with Crippen molar-refractivity contribution in [2.45, 2.75) is 19.8 Å². The molecule has 0 N–H and O–H groups in total. The second-order valence-electron chi connectivity index (χ2n) is 8.24. The van der Waals surface area contributed by atoms with Crippen LogP contribution in [-0.4, -0.2) is 66.2 Å². The first-order chi connectivity index (χ1) is 17.8. The standard InChI is InChI=1S/C26H25IN2O7S/c1-3-35-20-13-16(12-19(27)23(20)36-25(32)17-6-8-18(34-2)9-7-17)14-21-24(31)29(26(33)37-21)15-22(30)28-10-4-5-11-28/h6-9,12-14H,3-5,10-11,15H2,1-2H3/b21-14-. The second kappa shape index (κ2) is 12.0. The highest BCUT2D eigenvalue weighted by Gasteiger charge is 2.37. The van der Waals surface area contributed by atoms with Gasteiger partial charge in [-0.05, 0) is 102 Å². The topological polar surface area (TPSA) is 102 Å². The second-order valence-corrected chi connectivity index (χ2v) is 10.4. The largest absolute Gasteiger partial charge is 0.497 e. The Kier molecular flexibility index (Phi) is 8.75. The Balaban J connectivity index is 1.53. The van der Waals surface area contributed by atoms with Gasteiger partial charge in [0.1, 0.15) is 12.3 Å². The molecule has 2 aromatic carbocycles. The van der Waals surface area contributed by atoms with E-state index in [9.17, 15) is 19.2 Å². The lowest BCUT2D eigenvalue weighted by Crippen LogP contribution is -2.40. The lowest BCUT2D eigenvalue weighted by molar-refractivity contribution is -0.135. The Morgan fingerprint density at radius 1 is 1.11 bits per heavy atom. The zero-order valence-electron chi connectivity index (χ0n) is 20.3. The summed E-state index contributed by atoms with van der Waals surface area (Å²) in [5.41, 5.74) is 0.939. The van der Waals surface area contributed by atoms with Crippen LogP contribution < -0.4 is 14.2 Å². The SMILES string of the molecule is CCOc1cc(/C=C2\SC(=O)N(CC(=O)N3CCCC3)C2=O)cc(I)c1OC(=O)c1ccc(OC)cc1. The number of thioether (sulfide) groups is 1. The van der Waals surface area contributed by atoms with Crippen molar-refractivity contribution in [2.24, 2.45) is 0 Å². The van der Waals surface area contributed by atoms with Crippen LogP contribution in [0.25, 0.3) is 6.08 Å². The number of hydrogen-bond acceptors (Lipinski definition) is 8. The smallest absolute Gasteiger partial charge is 0.343 e. The first kappa shape index (κ1) is 27.0. The molecule has 2 aliphatic heterocycles. The number of hydrogen-bond donors (Lipinski definition) is 0. The monoisotopic (exact) mass is 636 g/mol. The van der Waals surface area contributed by atoms with E-state index in [-0.39, 0.29) is 23.1 Å². The molecule has 0 aromatic heterocycles. The van der Waals surface area contributed by atoms with Crippen molar-refractivity contribution >= 4 is 63.5 Å². The van der Waals surface area contributed by atoms with Crippen molar-refractivity contribution in [1.82, 2.24) is 9.80 Å². The molecule has 11 heteroatoms. The Hall–Kier alpha value is -3.06. The molecule has 2 aliphatic rings. The average Bonchev–Trinajstić information content (AvgIpc) is 3.51. The average molecular weight is 636 g/mol. The molecule has 2 saturated heterocycles. The number of halogens is 1. The third kappa shape index (κ3) is 6.27. The number of ether oxygens (including phenoxy) is 3. The van der Waals surface area contributed by atoms with Gasteiger partial charge in [0.05, 0.1) is 27.8 Å². The van der Waals surface area contributed by atoms with E-state index in [1.54, 1.807) is 61.4 Å². The van der Waals surface area contributed by atoms with Crippen LogP contribution >= 0.6 is 34.4 Å². The van der Waals surface area contributed by atoms with Gasteiger partial charge >= 0.3 is 5.97 Å². The van der Waals surface area contributed by atoms with Crippen LogP contribution in [0.1, 0.15) is 35.7 Å². The predicted molar refractivity (Wildman–Crippen MR) is 147 cm³/mol. The lowest BCUT2D eigenvalue weighted by atomic mass is 10.1. The molecule has 0 spiro atoms. The fraction of sp³-hybridized carbons (Fsp3) is 0.308. The van der Waals surface area contributed by atoms with E-state index in [0.29, 0.717) is 45.9 Å². The van der Waals surface area contributed by atoms with Crippen molar-refractivity contribution in [3.63, 3.8) is 0 Å². The quantitative estimate of drug-likeness (QED) is 0.180. The van der Waals surface area contributed by atoms with Crippen LogP contribution in [-0.2, 0) is 9.59 Å². The Morgan fingerprint density at radius 3 is 2.46 bits per heavy atom. The molecular formula is C26H25IN2O7S. The summed E-state index contributed by atoms with van der Waals surface area (Å²) in [5.74, 6) is -0.0909. The summed E-state index contributed by atoms with van der Waals surface area (Å²) in [4.78, 5) is 53.5.